The van der Waals surface area contributed by atoms with E-state index in [0.29, 0.717) is 12.8 Å². The lowest BCUT2D eigenvalue weighted by Gasteiger charge is -2.22. The van der Waals surface area contributed by atoms with Gasteiger partial charge in [-0.05, 0) is 53.7 Å². The van der Waals surface area contributed by atoms with Gasteiger partial charge in [-0.25, -0.2) is 4.39 Å². The van der Waals surface area contributed by atoms with Crippen molar-refractivity contribution in [2.45, 2.75) is 31.2 Å². The first-order chi connectivity index (χ1) is 8.58. The van der Waals surface area contributed by atoms with Gasteiger partial charge >= 0.3 is 0 Å². The van der Waals surface area contributed by atoms with Gasteiger partial charge < -0.3 is 5.32 Å². The Morgan fingerprint density at radius 1 is 1.44 bits per heavy atom. The Kier molecular flexibility index (Phi) is 3.67. The summed E-state index contributed by atoms with van der Waals surface area (Å²) in [7, 11) is 0. The average Bonchev–Trinajstić information content (AvgIpc) is 2.81. The summed E-state index contributed by atoms with van der Waals surface area (Å²) in [6.45, 7) is 0. The highest BCUT2D eigenvalue weighted by molar-refractivity contribution is 9.10. The van der Waals surface area contributed by atoms with Crippen molar-refractivity contribution < 1.29 is 9.18 Å². The van der Waals surface area contributed by atoms with E-state index in [4.69, 9.17) is 5.26 Å². The van der Waals surface area contributed by atoms with E-state index in [1.165, 1.54) is 12.1 Å². The summed E-state index contributed by atoms with van der Waals surface area (Å²) in [5, 5.41) is 11.8. The fourth-order valence-corrected chi connectivity index (χ4v) is 2.57. The van der Waals surface area contributed by atoms with Crippen LogP contribution in [0, 0.1) is 17.1 Å². The van der Waals surface area contributed by atoms with Gasteiger partial charge in [0.2, 0.25) is 0 Å². The van der Waals surface area contributed by atoms with Crippen molar-refractivity contribution in [1.82, 2.24) is 5.32 Å². The van der Waals surface area contributed by atoms with Gasteiger partial charge in [0, 0.05) is 0 Å². The minimum absolute atomic E-state index is 0.0362. The van der Waals surface area contributed by atoms with Gasteiger partial charge in [-0.15, -0.1) is 0 Å². The van der Waals surface area contributed by atoms with Crippen LogP contribution in [-0.4, -0.2) is 11.4 Å². The number of rotatable bonds is 2. The van der Waals surface area contributed by atoms with E-state index >= 15 is 0 Å². The molecule has 94 valence electrons. The van der Waals surface area contributed by atoms with Crippen LogP contribution in [0.5, 0.6) is 0 Å². The second-order valence-corrected chi connectivity index (χ2v) is 5.31. The van der Waals surface area contributed by atoms with Crippen LogP contribution in [0.3, 0.4) is 0 Å². The van der Waals surface area contributed by atoms with Crippen molar-refractivity contribution in [2.75, 3.05) is 0 Å². The topological polar surface area (TPSA) is 52.9 Å². The molecule has 1 aromatic rings. The lowest BCUT2D eigenvalue weighted by Crippen LogP contribution is -2.45. The molecule has 5 heteroatoms. The number of benzene rings is 1. The molecule has 0 heterocycles. The lowest BCUT2D eigenvalue weighted by molar-refractivity contribution is 0.0916. The number of nitriles is 1. The normalized spacial score (nSPS) is 17.2. The average molecular weight is 311 g/mol. The zero-order chi connectivity index (χ0) is 13.2. The molecule has 1 fully saturated rings. The van der Waals surface area contributed by atoms with E-state index in [9.17, 15) is 9.18 Å². The Labute approximate surface area is 113 Å². The van der Waals surface area contributed by atoms with Gasteiger partial charge in [-0.3, -0.25) is 4.79 Å². The van der Waals surface area contributed by atoms with Crippen LogP contribution in [0.4, 0.5) is 4.39 Å². The zero-order valence-corrected chi connectivity index (χ0v) is 11.3. The Morgan fingerprint density at radius 3 is 2.72 bits per heavy atom. The highest BCUT2D eigenvalue weighted by atomic mass is 79.9. The Morgan fingerprint density at radius 2 is 2.11 bits per heavy atom. The van der Waals surface area contributed by atoms with Crippen molar-refractivity contribution in [3.63, 3.8) is 0 Å². The molecule has 1 aliphatic rings. The standard InChI is InChI=1S/C13H12BrFN2O/c14-10-5-3-4-9(11(10)15)12(18)17-13(8-16)6-1-2-7-13/h3-5H,1-2,6-7H2,(H,17,18). The van der Waals surface area contributed by atoms with Crippen molar-refractivity contribution in [3.8, 4) is 6.07 Å². The van der Waals surface area contributed by atoms with Gasteiger partial charge in [0.05, 0.1) is 16.1 Å². The summed E-state index contributed by atoms with van der Waals surface area (Å²) < 4.78 is 14.0. The molecule has 0 aliphatic heterocycles. The van der Waals surface area contributed by atoms with E-state index in [1.807, 2.05) is 0 Å². The van der Waals surface area contributed by atoms with Gasteiger partial charge in [0.25, 0.3) is 5.91 Å². The Balaban J connectivity index is 2.22. The van der Waals surface area contributed by atoms with E-state index in [0.717, 1.165) is 12.8 Å². The summed E-state index contributed by atoms with van der Waals surface area (Å²) in [6, 6.07) is 6.68. The number of carbonyl (C=O) groups excluding carboxylic acids is 1. The molecule has 18 heavy (non-hydrogen) atoms. The monoisotopic (exact) mass is 310 g/mol. The molecule has 1 amide bonds. The van der Waals surface area contributed by atoms with E-state index in [2.05, 4.69) is 27.3 Å². The molecule has 1 aromatic carbocycles. The third-order valence-corrected chi connectivity index (χ3v) is 3.83. The van der Waals surface area contributed by atoms with Crippen LogP contribution in [0.25, 0.3) is 0 Å². The maximum atomic E-state index is 13.8. The van der Waals surface area contributed by atoms with E-state index in [-0.39, 0.29) is 10.0 Å². The van der Waals surface area contributed by atoms with Gasteiger partial charge in [0.1, 0.15) is 11.4 Å². The van der Waals surface area contributed by atoms with Crippen LogP contribution in [0.2, 0.25) is 0 Å². The second-order valence-electron chi connectivity index (χ2n) is 4.46. The number of nitrogens with zero attached hydrogens (tertiary/aromatic N) is 1. The first-order valence-electron chi connectivity index (χ1n) is 5.76. The zero-order valence-electron chi connectivity index (χ0n) is 9.67. The summed E-state index contributed by atoms with van der Waals surface area (Å²) in [5.74, 6) is -1.13. The Hall–Kier alpha value is -1.41. The van der Waals surface area contributed by atoms with Crippen LogP contribution in [0.15, 0.2) is 22.7 Å². The summed E-state index contributed by atoms with van der Waals surface area (Å²) in [5.41, 5.74) is -0.864. The molecular formula is C13H12BrFN2O. The summed E-state index contributed by atoms with van der Waals surface area (Å²) in [6.07, 6.45) is 3.08. The van der Waals surface area contributed by atoms with Crippen LogP contribution in [-0.2, 0) is 0 Å². The predicted molar refractivity (Wildman–Crippen MR) is 68.4 cm³/mol. The number of hydrogen-bond acceptors (Lipinski definition) is 2. The number of hydrogen-bond donors (Lipinski definition) is 1. The van der Waals surface area contributed by atoms with Crippen LogP contribution < -0.4 is 5.32 Å². The van der Waals surface area contributed by atoms with E-state index < -0.39 is 17.3 Å². The minimum Gasteiger partial charge on any atom is -0.334 e. The molecule has 0 unspecified atom stereocenters. The molecule has 1 saturated carbocycles. The number of carbonyl (C=O) groups is 1. The third kappa shape index (κ3) is 2.39. The molecule has 0 bridgehead atoms. The molecule has 0 atom stereocenters. The third-order valence-electron chi connectivity index (χ3n) is 3.22. The molecule has 2 rings (SSSR count). The summed E-state index contributed by atoms with van der Waals surface area (Å²) >= 11 is 3.04. The number of halogens is 2. The molecule has 0 aromatic heterocycles. The lowest BCUT2D eigenvalue weighted by atomic mass is 9.99. The van der Waals surface area contributed by atoms with Crippen molar-refractivity contribution in [2.24, 2.45) is 0 Å². The SMILES string of the molecule is N#CC1(NC(=O)c2cccc(Br)c2F)CCCC1. The fourth-order valence-electron chi connectivity index (χ4n) is 2.21. The predicted octanol–water partition coefficient (Wildman–Crippen LogP) is 3.15. The highest BCUT2D eigenvalue weighted by Crippen LogP contribution is 2.29. The maximum absolute atomic E-state index is 13.8. The van der Waals surface area contributed by atoms with Crippen molar-refractivity contribution >= 4 is 21.8 Å². The molecule has 1 N–H and O–H groups in total. The molecule has 0 saturated heterocycles. The van der Waals surface area contributed by atoms with Gasteiger partial charge in [0.15, 0.2) is 0 Å². The quantitative estimate of drug-likeness (QED) is 0.912. The van der Waals surface area contributed by atoms with Gasteiger partial charge in [-0.2, -0.15) is 5.26 Å². The summed E-state index contributed by atoms with van der Waals surface area (Å²) in [4.78, 5) is 12.0. The van der Waals surface area contributed by atoms with Crippen LogP contribution >= 0.6 is 15.9 Å². The first kappa shape index (κ1) is 13.0. The Bertz CT molecular complexity index is 518. The number of amides is 1. The maximum Gasteiger partial charge on any atom is 0.255 e. The molecular weight excluding hydrogens is 299 g/mol. The van der Waals surface area contributed by atoms with E-state index in [1.54, 1.807) is 6.07 Å². The highest BCUT2D eigenvalue weighted by Gasteiger charge is 2.36. The number of nitrogens with one attached hydrogen (secondary N) is 1. The molecule has 3 nitrogen and oxygen atoms in total. The second kappa shape index (κ2) is 5.07. The fraction of sp³-hybridized carbons (Fsp3) is 0.385. The van der Waals surface area contributed by atoms with Crippen molar-refractivity contribution in [1.29, 1.82) is 5.26 Å². The van der Waals surface area contributed by atoms with Gasteiger partial charge in [-0.1, -0.05) is 6.07 Å². The molecule has 1 aliphatic carbocycles. The molecule has 0 spiro atoms. The van der Waals surface area contributed by atoms with Crippen molar-refractivity contribution in [3.05, 3.63) is 34.1 Å². The smallest absolute Gasteiger partial charge is 0.255 e. The first-order valence-corrected chi connectivity index (χ1v) is 6.55. The van der Waals surface area contributed by atoms with Crippen LogP contribution in [0.1, 0.15) is 36.0 Å². The largest absolute Gasteiger partial charge is 0.334 e. The minimum atomic E-state index is -0.828. The molecule has 0 radical (unpaired) electrons.